The van der Waals surface area contributed by atoms with E-state index in [4.69, 9.17) is 75.8 Å². The van der Waals surface area contributed by atoms with Gasteiger partial charge >= 0.3 is 0 Å². The molecule has 1 aliphatic rings. The van der Waals surface area contributed by atoms with E-state index in [-0.39, 0.29) is 0 Å². The lowest BCUT2D eigenvalue weighted by atomic mass is 9.83. The zero-order valence-electron chi connectivity index (χ0n) is 73.4. The van der Waals surface area contributed by atoms with Crippen LogP contribution >= 0.6 is 0 Å². The van der Waals surface area contributed by atoms with Crippen LogP contribution in [-0.4, -0.2) is 114 Å². The SMILES string of the molecule is COc1c2cc(C(C)(C)OC)cc1Cc1cc(C(C)(C)OC)cc(c1OC)Cc1cc(C(C)(C)OC)cc(c1OC)Cc1cc(C(C)(C)OC)cc(c1OC)Cc1cc(C(C)(C)OC)cc(c1OC)Cc1cc(C(C)(C)OC)cc(c1OC)Cc1cc(C(C)(C)OC)cc(c1OC)Cc1cc(C(C)(C)OC)cc(c1OC)C2. The summed E-state index contributed by atoms with van der Waals surface area (Å²) >= 11 is 0. The lowest BCUT2D eigenvalue weighted by Crippen LogP contribution is -2.22. The van der Waals surface area contributed by atoms with E-state index in [1.165, 1.54) is 0 Å². The van der Waals surface area contributed by atoms with Crippen LogP contribution in [0.5, 0.6) is 46.0 Å². The van der Waals surface area contributed by atoms with Crippen molar-refractivity contribution in [2.24, 2.45) is 0 Å². The Morgan fingerprint density at radius 3 is 0.268 bits per heavy atom. The molecule has 0 aliphatic heterocycles. The van der Waals surface area contributed by atoms with Gasteiger partial charge in [-0.25, -0.2) is 0 Å². The van der Waals surface area contributed by atoms with E-state index >= 15 is 0 Å². The molecule has 608 valence electrons. The van der Waals surface area contributed by atoms with Gasteiger partial charge in [0.25, 0.3) is 0 Å². The predicted octanol–water partition coefficient (Wildman–Crippen LogP) is 19.8. The van der Waals surface area contributed by atoms with Gasteiger partial charge in [-0.1, -0.05) is 0 Å². The van der Waals surface area contributed by atoms with E-state index in [2.05, 4.69) is 208 Å². The summed E-state index contributed by atoms with van der Waals surface area (Å²) in [6, 6.07) is 35.4. The number of benzene rings is 8. The number of rotatable bonds is 24. The van der Waals surface area contributed by atoms with E-state index < -0.39 is 44.8 Å². The predicted molar refractivity (Wildman–Crippen MR) is 447 cm³/mol. The molecule has 0 N–H and O–H groups in total. The van der Waals surface area contributed by atoms with E-state index in [9.17, 15) is 0 Å². The van der Waals surface area contributed by atoms with E-state index in [1.54, 1.807) is 114 Å². The van der Waals surface area contributed by atoms with Gasteiger partial charge in [0.2, 0.25) is 0 Å². The van der Waals surface area contributed by atoms with Crippen LogP contribution in [-0.2, 0) is 134 Å². The number of fused-ring (bicyclic) bond motifs is 16. The maximum atomic E-state index is 6.76. The molecule has 8 aromatic rings. The molecule has 112 heavy (non-hydrogen) atoms. The molecule has 16 bridgehead atoms. The van der Waals surface area contributed by atoms with Crippen molar-refractivity contribution in [2.45, 2.75) is 207 Å². The van der Waals surface area contributed by atoms with Crippen LogP contribution in [0, 0.1) is 0 Å². The maximum absolute atomic E-state index is 6.76. The Morgan fingerprint density at radius 1 is 0.143 bits per heavy atom. The van der Waals surface area contributed by atoms with Crippen LogP contribution in [0.25, 0.3) is 0 Å². The van der Waals surface area contributed by atoms with E-state index in [0.29, 0.717) is 97.4 Å². The molecule has 0 fully saturated rings. The van der Waals surface area contributed by atoms with Gasteiger partial charge < -0.3 is 75.8 Å². The van der Waals surface area contributed by atoms with Crippen molar-refractivity contribution in [3.63, 3.8) is 0 Å². The molecule has 0 unspecified atom stereocenters. The first kappa shape index (κ1) is 87.8. The molecule has 0 atom stereocenters. The third-order valence-corrected chi connectivity index (χ3v) is 24.3. The summed E-state index contributed by atoms with van der Waals surface area (Å²) in [4.78, 5) is 0. The first-order chi connectivity index (χ1) is 52.6. The summed E-state index contributed by atoms with van der Waals surface area (Å²) in [6.45, 7) is 33.5. The van der Waals surface area contributed by atoms with Crippen LogP contribution < -0.4 is 37.9 Å². The number of ether oxygens (including phenoxy) is 16. The highest BCUT2D eigenvalue weighted by Crippen LogP contribution is 2.49. The summed E-state index contributed by atoms with van der Waals surface area (Å²) in [5.41, 5.74) is 16.4. The van der Waals surface area contributed by atoms with Crippen molar-refractivity contribution in [3.05, 3.63) is 231 Å². The van der Waals surface area contributed by atoms with Gasteiger partial charge in [0.15, 0.2) is 0 Å². The highest BCUT2D eigenvalue weighted by molar-refractivity contribution is 5.63. The smallest absolute Gasteiger partial charge is 0.125 e. The lowest BCUT2D eigenvalue weighted by molar-refractivity contribution is 0.0187. The Morgan fingerprint density at radius 2 is 0.214 bits per heavy atom. The molecular formula is C96H128O16. The highest BCUT2D eigenvalue weighted by Gasteiger charge is 2.36. The van der Waals surface area contributed by atoms with Gasteiger partial charge in [-0.3, -0.25) is 0 Å². The van der Waals surface area contributed by atoms with Crippen LogP contribution in [0.1, 0.15) is 244 Å². The van der Waals surface area contributed by atoms with Gasteiger partial charge in [-0.05, 0) is 341 Å². The van der Waals surface area contributed by atoms with Crippen molar-refractivity contribution >= 4 is 0 Å². The molecule has 8 aromatic carbocycles. The first-order valence-electron chi connectivity index (χ1n) is 38.7. The molecule has 0 heterocycles. The maximum Gasteiger partial charge on any atom is 0.125 e. The van der Waals surface area contributed by atoms with Gasteiger partial charge in [0.1, 0.15) is 46.0 Å². The van der Waals surface area contributed by atoms with Gasteiger partial charge in [-0.15, -0.1) is 0 Å². The molecular weight excluding hydrogens is 1410 g/mol. The highest BCUT2D eigenvalue weighted by atomic mass is 16.5. The Bertz CT molecular complexity index is 3630. The topological polar surface area (TPSA) is 148 Å². The van der Waals surface area contributed by atoms with Crippen molar-refractivity contribution < 1.29 is 75.8 Å². The Balaban J connectivity index is 1.46. The fourth-order valence-corrected chi connectivity index (χ4v) is 15.6. The fourth-order valence-electron chi connectivity index (χ4n) is 15.6. The normalized spacial score (nSPS) is 13.7. The number of methoxy groups -OCH3 is 16. The summed E-state index contributed by atoms with van der Waals surface area (Å²) < 4.78 is 105. The Labute approximate surface area is 669 Å². The van der Waals surface area contributed by atoms with Crippen LogP contribution in [0.2, 0.25) is 0 Å². The van der Waals surface area contributed by atoms with Crippen molar-refractivity contribution in [2.75, 3.05) is 114 Å². The minimum atomic E-state index is -0.746. The number of hydrogen-bond donors (Lipinski definition) is 0. The van der Waals surface area contributed by atoms with Crippen LogP contribution in [0.3, 0.4) is 0 Å². The van der Waals surface area contributed by atoms with E-state index in [0.717, 1.165) is 134 Å². The van der Waals surface area contributed by atoms with Gasteiger partial charge in [-0.2, -0.15) is 0 Å². The van der Waals surface area contributed by atoms with Crippen LogP contribution in [0.4, 0.5) is 0 Å². The second kappa shape index (κ2) is 34.5. The zero-order valence-corrected chi connectivity index (χ0v) is 73.4. The Kier molecular flexibility index (Phi) is 27.0. The molecule has 9 rings (SSSR count). The number of hydrogen-bond acceptors (Lipinski definition) is 16. The fraction of sp³-hybridized carbons (Fsp3) is 0.500. The van der Waals surface area contributed by atoms with Crippen molar-refractivity contribution in [1.29, 1.82) is 0 Å². The quantitative estimate of drug-likeness (QED) is 0.0564. The molecule has 0 aromatic heterocycles. The molecule has 0 saturated heterocycles. The molecule has 1 aliphatic carbocycles. The summed E-state index contributed by atoms with van der Waals surface area (Å²) in [7, 11) is 28.0. The standard InChI is InChI=1S/C96H128O16/c1-89(2,105-25)73-41-57-33-59-43-74(90(3,4)106-26)45-61(82(59)98-18)35-63-47-76(92(7,8)108-28)49-65(84(63)100-20)37-67-51-78(94(11,12)110-30)53-69(86(67)102-22)39-71-55-80(96(15,16)112-32)56-72(88(71)104-24)40-70-54-79(95(13,14)111-31)52-68(87(70)103-23)38-66-50-77(93(9,10)109-29)48-64(85(66)101-21)36-62-46-75(91(5,6)107-27)44-60(83(62)99-19)34-58(42-73)81(57)97-17/h41-56H,33-40H2,1-32H3. The van der Waals surface area contributed by atoms with Crippen molar-refractivity contribution in [3.8, 4) is 46.0 Å². The molecule has 0 spiro atoms. The second-order valence-electron chi connectivity index (χ2n) is 33.8. The molecule has 16 heteroatoms. The minimum absolute atomic E-state index is 0.391. The van der Waals surface area contributed by atoms with Gasteiger partial charge in [0.05, 0.1) is 102 Å². The monoisotopic (exact) mass is 1540 g/mol. The van der Waals surface area contributed by atoms with E-state index in [1.807, 2.05) is 0 Å². The molecule has 0 radical (unpaired) electrons. The zero-order chi connectivity index (χ0) is 82.8. The molecule has 0 saturated carbocycles. The third-order valence-electron chi connectivity index (χ3n) is 24.3. The summed E-state index contributed by atoms with van der Waals surface area (Å²) in [5.74, 6) is 5.69. The molecule has 0 amide bonds. The minimum Gasteiger partial charge on any atom is -0.496 e. The molecule has 16 nitrogen and oxygen atoms in total. The first-order valence-corrected chi connectivity index (χ1v) is 38.7. The summed E-state index contributed by atoms with van der Waals surface area (Å²) in [5, 5.41) is 0. The second-order valence-corrected chi connectivity index (χ2v) is 33.8. The average molecular weight is 1540 g/mol. The van der Waals surface area contributed by atoms with Gasteiger partial charge in [0, 0.05) is 108 Å². The average Bonchev–Trinajstić information content (AvgIpc) is 0.771. The third kappa shape index (κ3) is 18.0. The Hall–Kier alpha value is -8.16. The summed E-state index contributed by atoms with van der Waals surface area (Å²) in [6.07, 6.45) is 3.12. The lowest BCUT2D eigenvalue weighted by Gasteiger charge is -2.30. The van der Waals surface area contributed by atoms with Crippen LogP contribution in [0.15, 0.2) is 97.1 Å². The largest absolute Gasteiger partial charge is 0.496 e. The van der Waals surface area contributed by atoms with Crippen molar-refractivity contribution in [1.82, 2.24) is 0 Å².